The lowest BCUT2D eigenvalue weighted by Gasteiger charge is -2.20. The Labute approximate surface area is 205 Å². The molecule has 12 heteroatoms. The Morgan fingerprint density at radius 1 is 1.28 bits per heavy atom. The Morgan fingerprint density at radius 3 is 2.72 bits per heavy atom. The molecule has 0 radical (unpaired) electrons. The summed E-state index contributed by atoms with van der Waals surface area (Å²) in [5, 5.41) is 7.20. The summed E-state index contributed by atoms with van der Waals surface area (Å²) in [5.74, 6) is -1.58. The van der Waals surface area contributed by atoms with Gasteiger partial charge in [-0.25, -0.2) is 8.78 Å². The highest BCUT2D eigenvalue weighted by atomic mass is 19.3. The minimum atomic E-state index is -2.77. The van der Waals surface area contributed by atoms with E-state index < -0.39 is 35.3 Å². The molecule has 36 heavy (non-hydrogen) atoms. The Balaban J connectivity index is 1.28. The van der Waals surface area contributed by atoms with Crippen LogP contribution in [0.1, 0.15) is 69.5 Å². The molecule has 4 heterocycles. The standard InChI is InChI=1S/C24H25F2N7O3/c1-11-18(20(34)23(36)30-24(4-5-24)17-10-28-32(2)31-17)16-8-12-7-15(12)33(16)19(11)22(35)29-13-3-6-27-14(9-13)21(25)26/h3,6,9-10,12,15,21,28,31H,4-5,7-8H2,1-2H3,(H,30,36)(H,27,29,35)/t12-,15-/m1/s1. The van der Waals surface area contributed by atoms with Gasteiger partial charge in [0, 0.05) is 36.9 Å². The topological polar surface area (TPSA) is 120 Å². The molecule has 10 nitrogen and oxygen atoms in total. The van der Waals surface area contributed by atoms with Gasteiger partial charge in [-0.2, -0.15) is 0 Å². The second kappa shape index (κ2) is 7.85. The zero-order valence-electron chi connectivity index (χ0n) is 19.7. The second-order valence-electron chi connectivity index (χ2n) is 9.88. The van der Waals surface area contributed by atoms with Crippen molar-refractivity contribution in [1.82, 2.24) is 30.8 Å². The van der Waals surface area contributed by atoms with E-state index in [2.05, 4.69) is 26.5 Å². The van der Waals surface area contributed by atoms with Crippen LogP contribution in [0.3, 0.4) is 0 Å². The van der Waals surface area contributed by atoms with Crippen molar-refractivity contribution in [2.45, 2.75) is 50.6 Å². The molecule has 4 aliphatic rings. The van der Waals surface area contributed by atoms with Crippen LogP contribution in [0.15, 0.2) is 30.2 Å². The van der Waals surface area contributed by atoms with Gasteiger partial charge in [-0.1, -0.05) is 0 Å². The highest BCUT2D eigenvalue weighted by Crippen LogP contribution is 2.54. The van der Waals surface area contributed by atoms with Crippen molar-refractivity contribution < 1.29 is 23.2 Å². The number of hydrogen-bond donors (Lipinski definition) is 4. The summed E-state index contributed by atoms with van der Waals surface area (Å²) < 4.78 is 28.0. The number of carbonyl (C=O) groups excluding carboxylic acids is 3. The van der Waals surface area contributed by atoms with E-state index in [4.69, 9.17) is 0 Å². The van der Waals surface area contributed by atoms with Gasteiger partial charge in [0.25, 0.3) is 24.0 Å². The van der Waals surface area contributed by atoms with Gasteiger partial charge in [0.2, 0.25) is 0 Å². The number of nitrogens with one attached hydrogen (secondary N) is 4. The molecule has 2 aliphatic heterocycles. The lowest BCUT2D eigenvalue weighted by Crippen LogP contribution is -2.46. The fraction of sp³-hybridized carbons (Fsp3) is 0.417. The number of aromatic nitrogens is 2. The van der Waals surface area contributed by atoms with Crippen molar-refractivity contribution in [3.8, 4) is 0 Å². The fourth-order valence-corrected chi connectivity index (χ4v) is 5.40. The Kier molecular flexibility index (Phi) is 4.94. The number of amides is 2. The van der Waals surface area contributed by atoms with E-state index >= 15 is 0 Å². The average Bonchev–Trinajstić information content (AvgIpc) is 3.67. The van der Waals surface area contributed by atoms with Gasteiger partial charge in [-0.05, 0) is 56.2 Å². The second-order valence-corrected chi connectivity index (χ2v) is 9.88. The van der Waals surface area contributed by atoms with Crippen LogP contribution in [0.2, 0.25) is 0 Å². The summed E-state index contributed by atoms with van der Waals surface area (Å²) in [7, 11) is 1.79. The zero-order valence-corrected chi connectivity index (χ0v) is 19.7. The SMILES string of the molecule is Cc1c(C(=O)C(=O)NC2(C3=CNN(C)N3)CC2)c2n(c1C(=O)Nc1ccnc(C(F)F)c1)[C@@H]1C[C@@H]1C2. The lowest BCUT2D eigenvalue weighted by atomic mass is 10.0. The van der Waals surface area contributed by atoms with E-state index in [1.807, 2.05) is 4.57 Å². The number of hydrogen-bond acceptors (Lipinski definition) is 7. The van der Waals surface area contributed by atoms with Gasteiger partial charge in [-0.3, -0.25) is 19.4 Å². The van der Waals surface area contributed by atoms with Crippen molar-refractivity contribution in [2.24, 2.45) is 5.92 Å². The molecular weight excluding hydrogens is 472 g/mol. The first kappa shape index (κ1) is 22.7. The number of nitrogens with zero attached hydrogens (tertiary/aromatic N) is 3. The molecule has 0 saturated heterocycles. The Bertz CT molecular complexity index is 1350. The average molecular weight is 498 g/mol. The van der Waals surface area contributed by atoms with E-state index in [1.165, 1.54) is 12.3 Å². The molecule has 0 aromatic carbocycles. The Hall–Kier alpha value is -3.80. The van der Waals surface area contributed by atoms with Gasteiger partial charge < -0.3 is 26.1 Å². The largest absolute Gasteiger partial charge is 0.338 e. The number of ketones is 1. The molecule has 0 unspecified atom stereocenters. The normalized spacial score (nSPS) is 22.8. The van der Waals surface area contributed by atoms with Crippen LogP contribution in [0.5, 0.6) is 0 Å². The lowest BCUT2D eigenvalue weighted by molar-refractivity contribution is -0.117. The minimum Gasteiger partial charge on any atom is -0.338 e. The highest BCUT2D eigenvalue weighted by Gasteiger charge is 2.52. The third-order valence-electron chi connectivity index (χ3n) is 7.44. The summed E-state index contributed by atoms with van der Waals surface area (Å²) in [6, 6.07) is 2.65. The quantitative estimate of drug-likeness (QED) is 0.342. The number of hydrazine groups is 2. The number of halogens is 2. The van der Waals surface area contributed by atoms with E-state index in [9.17, 15) is 23.2 Å². The van der Waals surface area contributed by atoms with Gasteiger partial charge in [0.1, 0.15) is 11.4 Å². The molecule has 2 aromatic heterocycles. The van der Waals surface area contributed by atoms with E-state index in [0.29, 0.717) is 36.4 Å². The van der Waals surface area contributed by atoms with Gasteiger partial charge in [0.05, 0.1) is 16.8 Å². The number of alkyl halides is 2. The van der Waals surface area contributed by atoms with Crippen molar-refractivity contribution in [2.75, 3.05) is 12.4 Å². The molecule has 2 aliphatic carbocycles. The summed E-state index contributed by atoms with van der Waals surface area (Å²) in [5.41, 5.74) is 7.64. The molecule has 2 amide bonds. The third kappa shape index (κ3) is 3.55. The van der Waals surface area contributed by atoms with Crippen LogP contribution in [0, 0.1) is 12.8 Å². The summed E-state index contributed by atoms with van der Waals surface area (Å²) in [6.45, 7) is 1.65. The molecule has 2 atom stereocenters. The molecule has 2 fully saturated rings. The molecule has 0 bridgehead atoms. The third-order valence-corrected chi connectivity index (χ3v) is 7.44. The smallest absolute Gasteiger partial charge is 0.293 e. The highest BCUT2D eigenvalue weighted by molar-refractivity contribution is 6.44. The van der Waals surface area contributed by atoms with Crippen molar-refractivity contribution in [3.05, 3.63) is 58.4 Å². The molecule has 188 valence electrons. The van der Waals surface area contributed by atoms with Crippen LogP contribution in [-0.4, -0.2) is 44.9 Å². The predicted molar refractivity (Wildman–Crippen MR) is 124 cm³/mol. The first-order valence-corrected chi connectivity index (χ1v) is 11.8. The molecule has 2 aromatic rings. The molecule has 2 saturated carbocycles. The summed E-state index contributed by atoms with van der Waals surface area (Å²) in [4.78, 5) is 43.5. The van der Waals surface area contributed by atoms with Gasteiger partial charge in [0.15, 0.2) is 0 Å². The van der Waals surface area contributed by atoms with Crippen LogP contribution < -0.4 is 21.5 Å². The van der Waals surface area contributed by atoms with Crippen molar-refractivity contribution in [1.29, 1.82) is 0 Å². The number of anilines is 1. The molecule has 6 rings (SSSR count). The van der Waals surface area contributed by atoms with Crippen LogP contribution in [0.25, 0.3) is 0 Å². The first-order chi connectivity index (χ1) is 17.2. The maximum atomic E-state index is 13.4. The Morgan fingerprint density at radius 2 is 2.06 bits per heavy atom. The van der Waals surface area contributed by atoms with Crippen molar-refractivity contribution >= 4 is 23.3 Å². The predicted octanol–water partition coefficient (Wildman–Crippen LogP) is 2.13. The number of Topliss-reactive ketones (excluding diaryl/α,β-unsaturated/α-hetero) is 1. The monoisotopic (exact) mass is 497 g/mol. The molecule has 4 N–H and O–H groups in total. The number of carbonyl (C=O) groups is 3. The summed E-state index contributed by atoms with van der Waals surface area (Å²) >= 11 is 0. The van der Waals surface area contributed by atoms with Gasteiger partial charge >= 0.3 is 0 Å². The number of rotatable bonds is 7. The maximum Gasteiger partial charge on any atom is 0.293 e. The van der Waals surface area contributed by atoms with E-state index in [1.54, 1.807) is 25.3 Å². The maximum absolute atomic E-state index is 13.4. The molecular formula is C24H25F2N7O3. The minimum absolute atomic E-state index is 0.0994. The van der Waals surface area contributed by atoms with Gasteiger partial charge in [-0.15, -0.1) is 5.12 Å². The first-order valence-electron chi connectivity index (χ1n) is 11.8. The zero-order chi connectivity index (χ0) is 25.4. The number of fused-ring (bicyclic) bond motifs is 3. The number of pyridine rings is 1. The van der Waals surface area contributed by atoms with Crippen molar-refractivity contribution in [3.63, 3.8) is 0 Å². The van der Waals surface area contributed by atoms with Crippen LogP contribution >= 0.6 is 0 Å². The molecule has 0 spiro atoms. The summed E-state index contributed by atoms with van der Waals surface area (Å²) in [6.07, 6.45) is 3.12. The van der Waals surface area contributed by atoms with Crippen LogP contribution in [0.4, 0.5) is 14.5 Å². The van der Waals surface area contributed by atoms with E-state index in [0.717, 1.165) is 18.2 Å². The van der Waals surface area contributed by atoms with E-state index in [-0.39, 0.29) is 23.0 Å². The van der Waals surface area contributed by atoms with Crippen LogP contribution in [-0.2, 0) is 11.2 Å². The fourth-order valence-electron chi connectivity index (χ4n) is 5.40.